The van der Waals surface area contributed by atoms with Gasteiger partial charge in [0.05, 0.1) is 0 Å². The number of nitrogens with two attached hydrogens (primary N) is 1. The Kier molecular flexibility index (Phi) is 9.85. The van der Waals surface area contributed by atoms with Gasteiger partial charge in [0.15, 0.2) is 0 Å². The molecule has 0 bridgehead atoms. The van der Waals surface area contributed by atoms with Gasteiger partial charge < -0.3 is 10.6 Å². The number of hydrogen-bond acceptors (Lipinski definition) is 2. The summed E-state index contributed by atoms with van der Waals surface area (Å²) in [6.45, 7) is 9.28. The molecule has 2 heteroatoms. The standard InChI is InChI=1S/C7H18N2.C2H6/c1-6(2)7(8)5-9(3)4;1-2/h6-7H,5,8H2,1-4H3;1-2H3. The Labute approximate surface area is 71.8 Å². The average molecular weight is 160 g/mol. The van der Waals surface area contributed by atoms with Crippen molar-refractivity contribution in [2.45, 2.75) is 33.7 Å². The quantitative estimate of drug-likeness (QED) is 0.679. The summed E-state index contributed by atoms with van der Waals surface area (Å²) >= 11 is 0. The minimum Gasteiger partial charge on any atom is -0.326 e. The maximum Gasteiger partial charge on any atom is 0.0190 e. The normalized spacial score (nSPS) is 12.8. The number of nitrogens with zero attached hydrogens (tertiary/aromatic N) is 1. The Morgan fingerprint density at radius 3 is 1.64 bits per heavy atom. The molecule has 0 spiro atoms. The molecule has 2 nitrogen and oxygen atoms in total. The SMILES string of the molecule is CC.CC(C)C(N)CN(C)C. The Morgan fingerprint density at radius 1 is 1.18 bits per heavy atom. The zero-order valence-electron chi connectivity index (χ0n) is 8.89. The van der Waals surface area contributed by atoms with E-state index in [-0.39, 0.29) is 0 Å². The van der Waals surface area contributed by atoms with Gasteiger partial charge >= 0.3 is 0 Å². The molecule has 2 N–H and O–H groups in total. The highest BCUT2D eigenvalue weighted by Gasteiger charge is 2.06. The molecule has 70 valence electrons. The Bertz CT molecular complexity index is 70.0. The third kappa shape index (κ3) is 9.92. The van der Waals surface area contributed by atoms with Crippen LogP contribution in [0.3, 0.4) is 0 Å². The molecule has 0 aliphatic carbocycles. The van der Waals surface area contributed by atoms with Crippen molar-refractivity contribution in [2.24, 2.45) is 11.7 Å². The molecule has 0 rings (SSSR count). The summed E-state index contributed by atoms with van der Waals surface area (Å²) in [5.74, 6) is 0.590. The largest absolute Gasteiger partial charge is 0.326 e. The van der Waals surface area contributed by atoms with Crippen LogP contribution in [-0.4, -0.2) is 31.6 Å². The monoisotopic (exact) mass is 160 g/mol. The van der Waals surface area contributed by atoms with Crippen LogP contribution in [-0.2, 0) is 0 Å². The van der Waals surface area contributed by atoms with Gasteiger partial charge in [-0.15, -0.1) is 0 Å². The third-order valence-corrected chi connectivity index (χ3v) is 1.43. The summed E-state index contributed by atoms with van der Waals surface area (Å²) in [5.41, 5.74) is 5.78. The first-order valence-electron chi connectivity index (χ1n) is 4.44. The van der Waals surface area contributed by atoms with Gasteiger partial charge in [-0.1, -0.05) is 27.7 Å². The summed E-state index contributed by atoms with van der Waals surface area (Å²) in [6.07, 6.45) is 0. The van der Waals surface area contributed by atoms with Gasteiger partial charge in [0.2, 0.25) is 0 Å². The molecular weight excluding hydrogens is 136 g/mol. The van der Waals surface area contributed by atoms with E-state index >= 15 is 0 Å². The Morgan fingerprint density at radius 2 is 1.55 bits per heavy atom. The second-order valence-electron chi connectivity index (χ2n) is 3.17. The van der Waals surface area contributed by atoms with Crippen LogP contribution in [0.4, 0.5) is 0 Å². The van der Waals surface area contributed by atoms with E-state index in [9.17, 15) is 0 Å². The van der Waals surface area contributed by atoms with E-state index in [1.807, 2.05) is 27.9 Å². The molecule has 0 aromatic heterocycles. The van der Waals surface area contributed by atoms with Crippen LogP contribution < -0.4 is 5.73 Å². The maximum atomic E-state index is 5.78. The summed E-state index contributed by atoms with van der Waals surface area (Å²) in [6, 6.07) is 0.319. The molecular formula is C9H24N2. The molecule has 0 aromatic rings. The fraction of sp³-hybridized carbons (Fsp3) is 1.00. The molecule has 0 aliphatic rings. The second-order valence-corrected chi connectivity index (χ2v) is 3.17. The number of likely N-dealkylation sites (N-methyl/N-ethyl adjacent to an activating group) is 1. The zero-order valence-corrected chi connectivity index (χ0v) is 8.89. The fourth-order valence-corrected chi connectivity index (χ4v) is 0.632. The first-order valence-corrected chi connectivity index (χ1v) is 4.44. The second kappa shape index (κ2) is 8.02. The van der Waals surface area contributed by atoms with E-state index in [2.05, 4.69) is 18.7 Å². The first kappa shape index (κ1) is 13.5. The molecule has 11 heavy (non-hydrogen) atoms. The minimum atomic E-state index is 0.319. The minimum absolute atomic E-state index is 0.319. The Hall–Kier alpha value is -0.0800. The van der Waals surface area contributed by atoms with Crippen molar-refractivity contribution >= 4 is 0 Å². The molecule has 0 heterocycles. The van der Waals surface area contributed by atoms with E-state index in [0.29, 0.717) is 12.0 Å². The molecule has 0 saturated heterocycles. The maximum absolute atomic E-state index is 5.78. The van der Waals surface area contributed by atoms with Crippen molar-refractivity contribution in [3.8, 4) is 0 Å². The summed E-state index contributed by atoms with van der Waals surface area (Å²) in [4.78, 5) is 2.12. The average Bonchev–Trinajstić information content (AvgIpc) is 1.90. The van der Waals surface area contributed by atoms with Crippen molar-refractivity contribution in [1.29, 1.82) is 0 Å². The number of rotatable bonds is 3. The van der Waals surface area contributed by atoms with Crippen LogP contribution in [0.25, 0.3) is 0 Å². The van der Waals surface area contributed by atoms with E-state index in [1.54, 1.807) is 0 Å². The van der Waals surface area contributed by atoms with Crippen LogP contribution in [0.1, 0.15) is 27.7 Å². The highest BCUT2D eigenvalue weighted by atomic mass is 15.1. The van der Waals surface area contributed by atoms with E-state index in [4.69, 9.17) is 5.73 Å². The molecule has 0 aromatic carbocycles. The fourth-order valence-electron chi connectivity index (χ4n) is 0.632. The van der Waals surface area contributed by atoms with Gasteiger partial charge in [-0.3, -0.25) is 0 Å². The lowest BCUT2D eigenvalue weighted by molar-refractivity contribution is 0.330. The molecule has 0 amide bonds. The van der Waals surface area contributed by atoms with Crippen LogP contribution in [0.2, 0.25) is 0 Å². The van der Waals surface area contributed by atoms with Crippen LogP contribution in [0.5, 0.6) is 0 Å². The summed E-state index contributed by atoms with van der Waals surface area (Å²) in [5, 5.41) is 0. The van der Waals surface area contributed by atoms with Crippen LogP contribution in [0.15, 0.2) is 0 Å². The number of hydrogen-bond donors (Lipinski definition) is 1. The van der Waals surface area contributed by atoms with Gasteiger partial charge in [0, 0.05) is 12.6 Å². The van der Waals surface area contributed by atoms with E-state index in [1.165, 1.54) is 0 Å². The molecule has 0 saturated carbocycles. The van der Waals surface area contributed by atoms with Crippen LogP contribution >= 0.6 is 0 Å². The molecule has 0 radical (unpaired) electrons. The lowest BCUT2D eigenvalue weighted by Crippen LogP contribution is -2.37. The molecule has 1 atom stereocenters. The van der Waals surface area contributed by atoms with Gasteiger partial charge in [-0.05, 0) is 20.0 Å². The highest BCUT2D eigenvalue weighted by molar-refractivity contribution is 4.66. The summed E-state index contributed by atoms with van der Waals surface area (Å²) in [7, 11) is 4.09. The first-order chi connectivity index (χ1) is 5.04. The molecule has 0 fully saturated rings. The summed E-state index contributed by atoms with van der Waals surface area (Å²) < 4.78 is 0. The molecule has 0 aliphatic heterocycles. The van der Waals surface area contributed by atoms with Gasteiger partial charge in [-0.2, -0.15) is 0 Å². The van der Waals surface area contributed by atoms with Crippen molar-refractivity contribution in [1.82, 2.24) is 4.90 Å². The lowest BCUT2D eigenvalue weighted by Gasteiger charge is -2.19. The van der Waals surface area contributed by atoms with Crippen molar-refractivity contribution in [3.63, 3.8) is 0 Å². The Balaban J connectivity index is 0. The van der Waals surface area contributed by atoms with Gasteiger partial charge in [-0.25, -0.2) is 0 Å². The predicted molar refractivity (Wildman–Crippen MR) is 52.7 cm³/mol. The zero-order chi connectivity index (χ0) is 9.44. The van der Waals surface area contributed by atoms with E-state index < -0.39 is 0 Å². The van der Waals surface area contributed by atoms with Crippen molar-refractivity contribution < 1.29 is 0 Å². The third-order valence-electron chi connectivity index (χ3n) is 1.43. The predicted octanol–water partition coefficient (Wildman–Crippen LogP) is 1.56. The van der Waals surface area contributed by atoms with E-state index in [0.717, 1.165) is 6.54 Å². The van der Waals surface area contributed by atoms with Crippen molar-refractivity contribution in [2.75, 3.05) is 20.6 Å². The highest BCUT2D eigenvalue weighted by Crippen LogP contribution is 1.97. The van der Waals surface area contributed by atoms with Gasteiger partial charge in [0.25, 0.3) is 0 Å². The molecule has 1 unspecified atom stereocenters. The van der Waals surface area contributed by atoms with Crippen LogP contribution in [0, 0.1) is 5.92 Å². The lowest BCUT2D eigenvalue weighted by atomic mass is 10.1. The van der Waals surface area contributed by atoms with Gasteiger partial charge in [0.1, 0.15) is 0 Å². The van der Waals surface area contributed by atoms with Crippen molar-refractivity contribution in [3.05, 3.63) is 0 Å². The topological polar surface area (TPSA) is 29.3 Å². The smallest absolute Gasteiger partial charge is 0.0190 e.